The van der Waals surface area contributed by atoms with Crippen LogP contribution in [0.5, 0.6) is 0 Å². The van der Waals surface area contributed by atoms with E-state index in [1.54, 1.807) is 0 Å². The van der Waals surface area contributed by atoms with E-state index in [4.69, 9.17) is 9.47 Å². The summed E-state index contributed by atoms with van der Waals surface area (Å²) in [5, 5.41) is 18.4. The third-order valence-corrected chi connectivity index (χ3v) is 6.41. The first-order valence-corrected chi connectivity index (χ1v) is 11.2. The Labute approximate surface area is 200 Å². The van der Waals surface area contributed by atoms with Gasteiger partial charge in [-0.25, -0.2) is 9.59 Å². The van der Waals surface area contributed by atoms with E-state index in [1.165, 1.54) is 11.7 Å². The van der Waals surface area contributed by atoms with Crippen molar-refractivity contribution >= 4 is 23.8 Å². The molecule has 0 spiro atoms. The molecule has 2 atom stereocenters. The number of carbonyl (C=O) groups is 3. The van der Waals surface area contributed by atoms with E-state index in [0.717, 1.165) is 28.5 Å². The maximum Gasteiger partial charge on any atom is 0.407 e. The number of benzene rings is 2. The minimum atomic E-state index is -1.21. The van der Waals surface area contributed by atoms with Crippen molar-refractivity contribution in [3.63, 3.8) is 0 Å². The second kappa shape index (κ2) is 9.22. The van der Waals surface area contributed by atoms with Gasteiger partial charge in [-0.3, -0.25) is 9.48 Å². The molecule has 1 saturated heterocycles. The highest BCUT2D eigenvalue weighted by atomic mass is 16.6. The summed E-state index contributed by atoms with van der Waals surface area (Å²) in [6.07, 6.45) is -0.0711. The topological polar surface area (TPSA) is 132 Å². The Bertz CT molecular complexity index is 1260. The molecule has 2 amide bonds. The van der Waals surface area contributed by atoms with Crippen LogP contribution in [0.1, 0.15) is 33.8 Å². The molecule has 1 fully saturated rings. The van der Waals surface area contributed by atoms with Crippen LogP contribution in [0.2, 0.25) is 0 Å². The molecule has 35 heavy (non-hydrogen) atoms. The highest BCUT2D eigenvalue weighted by molar-refractivity contribution is 6.01. The van der Waals surface area contributed by atoms with Crippen LogP contribution in [0.25, 0.3) is 11.1 Å². The highest BCUT2D eigenvalue weighted by Crippen LogP contribution is 2.44. The quantitative estimate of drug-likeness (QED) is 0.498. The van der Waals surface area contributed by atoms with Crippen LogP contribution in [-0.2, 0) is 21.3 Å². The maximum absolute atomic E-state index is 12.8. The second-order valence-corrected chi connectivity index (χ2v) is 8.48. The standard InChI is InChI=1S/C25H24N4O6/c1-29-22(18(12-26-29)24(31)32)28-23(30)21-20(10-11-34-21)27-25(33)35-13-19-16-8-4-2-6-14(16)15-7-3-5-9-17(15)19/h2-9,12,19-21H,10-11,13H2,1H3,(H,27,33)(H,28,30)(H,31,32)/t20-,21+/m0/s1. The molecule has 1 aliphatic heterocycles. The van der Waals surface area contributed by atoms with Crippen LogP contribution in [0, 0.1) is 0 Å². The number of carboxylic acids is 1. The van der Waals surface area contributed by atoms with Crippen LogP contribution < -0.4 is 10.6 Å². The molecule has 2 heterocycles. The van der Waals surface area contributed by atoms with Gasteiger partial charge >= 0.3 is 12.1 Å². The molecule has 0 saturated carbocycles. The van der Waals surface area contributed by atoms with Crippen molar-refractivity contribution in [3.05, 3.63) is 71.4 Å². The molecule has 0 bridgehead atoms. The molecule has 2 aromatic carbocycles. The third kappa shape index (κ3) is 4.24. The summed E-state index contributed by atoms with van der Waals surface area (Å²) in [5.74, 6) is -1.82. The molecule has 10 nitrogen and oxygen atoms in total. The predicted octanol–water partition coefficient (Wildman–Crippen LogP) is 2.75. The molecular weight excluding hydrogens is 452 g/mol. The molecule has 3 N–H and O–H groups in total. The summed E-state index contributed by atoms with van der Waals surface area (Å²) in [6, 6.07) is 15.5. The minimum Gasteiger partial charge on any atom is -0.477 e. The fraction of sp³-hybridized carbons (Fsp3) is 0.280. The Balaban J connectivity index is 1.22. The van der Waals surface area contributed by atoms with Gasteiger partial charge in [0.25, 0.3) is 5.91 Å². The van der Waals surface area contributed by atoms with Crippen molar-refractivity contribution in [3.8, 4) is 11.1 Å². The van der Waals surface area contributed by atoms with Crippen LogP contribution in [0.4, 0.5) is 10.6 Å². The van der Waals surface area contributed by atoms with Crippen LogP contribution in [0.15, 0.2) is 54.7 Å². The van der Waals surface area contributed by atoms with Gasteiger partial charge in [-0.1, -0.05) is 48.5 Å². The Morgan fingerprint density at radius 1 is 1.11 bits per heavy atom. The number of anilines is 1. The average molecular weight is 476 g/mol. The zero-order valence-corrected chi connectivity index (χ0v) is 18.9. The first-order valence-electron chi connectivity index (χ1n) is 11.2. The van der Waals surface area contributed by atoms with Crippen LogP contribution in [-0.4, -0.2) is 58.2 Å². The number of alkyl carbamates (subject to hydrolysis) is 1. The molecule has 10 heteroatoms. The number of aromatic carboxylic acids is 1. The molecule has 0 unspecified atom stereocenters. The number of rotatable bonds is 6. The molecule has 1 aliphatic carbocycles. The number of carboxylic acid groups (broad SMARTS) is 1. The lowest BCUT2D eigenvalue weighted by Crippen LogP contribution is -2.46. The van der Waals surface area contributed by atoms with E-state index in [0.29, 0.717) is 6.42 Å². The fourth-order valence-corrected chi connectivity index (χ4v) is 4.72. The molecule has 3 aromatic rings. The number of hydrogen-bond acceptors (Lipinski definition) is 6. The smallest absolute Gasteiger partial charge is 0.407 e. The Morgan fingerprint density at radius 2 is 1.77 bits per heavy atom. The lowest BCUT2D eigenvalue weighted by Gasteiger charge is -2.20. The lowest BCUT2D eigenvalue weighted by atomic mass is 9.98. The largest absolute Gasteiger partial charge is 0.477 e. The van der Waals surface area contributed by atoms with Crippen molar-refractivity contribution in [2.24, 2.45) is 7.05 Å². The van der Waals surface area contributed by atoms with Gasteiger partial charge < -0.3 is 25.2 Å². The summed E-state index contributed by atoms with van der Waals surface area (Å²) in [5.41, 5.74) is 4.34. The third-order valence-electron chi connectivity index (χ3n) is 6.41. The Morgan fingerprint density at radius 3 is 2.43 bits per heavy atom. The Kier molecular flexibility index (Phi) is 5.96. The number of nitrogens with one attached hydrogen (secondary N) is 2. The van der Waals surface area contributed by atoms with Crippen LogP contribution in [0.3, 0.4) is 0 Å². The monoisotopic (exact) mass is 476 g/mol. The van der Waals surface area contributed by atoms with Gasteiger partial charge in [-0.15, -0.1) is 0 Å². The van der Waals surface area contributed by atoms with Gasteiger partial charge in [0, 0.05) is 19.6 Å². The first kappa shape index (κ1) is 22.6. The van der Waals surface area contributed by atoms with Crippen molar-refractivity contribution in [2.45, 2.75) is 24.5 Å². The average Bonchev–Trinajstić information content (AvgIpc) is 3.54. The SMILES string of the molecule is Cn1ncc(C(=O)O)c1NC(=O)[C@@H]1OCC[C@@H]1NC(=O)OCC1c2ccccc2-c2ccccc21. The number of ether oxygens (including phenoxy) is 2. The van der Waals surface area contributed by atoms with E-state index >= 15 is 0 Å². The van der Waals surface area contributed by atoms with Crippen LogP contribution >= 0.6 is 0 Å². The van der Waals surface area contributed by atoms with Gasteiger partial charge in [0.2, 0.25) is 0 Å². The van der Waals surface area contributed by atoms with Gasteiger partial charge in [0.15, 0.2) is 6.10 Å². The van der Waals surface area contributed by atoms with Crippen molar-refractivity contribution in [2.75, 3.05) is 18.5 Å². The molecule has 2 aliphatic rings. The molecule has 1 aromatic heterocycles. The second-order valence-electron chi connectivity index (χ2n) is 8.48. The number of nitrogens with zero attached hydrogens (tertiary/aromatic N) is 2. The summed E-state index contributed by atoms with van der Waals surface area (Å²) >= 11 is 0. The summed E-state index contributed by atoms with van der Waals surface area (Å²) in [4.78, 5) is 36.8. The minimum absolute atomic E-state index is 0.0397. The molecular formula is C25H24N4O6. The first-order chi connectivity index (χ1) is 16.9. The highest BCUT2D eigenvalue weighted by Gasteiger charge is 2.37. The summed E-state index contributed by atoms with van der Waals surface area (Å²) < 4.78 is 12.4. The number of amides is 2. The van der Waals surface area contributed by atoms with Gasteiger partial charge in [-0.05, 0) is 28.7 Å². The summed E-state index contributed by atoms with van der Waals surface area (Å²) in [6.45, 7) is 0.422. The van der Waals surface area contributed by atoms with E-state index in [2.05, 4.69) is 27.9 Å². The lowest BCUT2D eigenvalue weighted by molar-refractivity contribution is -0.125. The van der Waals surface area contributed by atoms with E-state index in [9.17, 15) is 19.5 Å². The maximum atomic E-state index is 12.8. The van der Waals surface area contributed by atoms with Gasteiger partial charge in [0.1, 0.15) is 18.0 Å². The van der Waals surface area contributed by atoms with Crippen molar-refractivity contribution in [1.82, 2.24) is 15.1 Å². The zero-order chi connectivity index (χ0) is 24.5. The predicted molar refractivity (Wildman–Crippen MR) is 125 cm³/mol. The number of hydrogen-bond donors (Lipinski definition) is 3. The fourth-order valence-electron chi connectivity index (χ4n) is 4.72. The zero-order valence-electron chi connectivity index (χ0n) is 18.9. The van der Waals surface area contributed by atoms with Gasteiger partial charge in [-0.2, -0.15) is 5.10 Å². The number of aromatic nitrogens is 2. The number of fused-ring (bicyclic) bond motifs is 3. The van der Waals surface area contributed by atoms with Crippen molar-refractivity contribution in [1.29, 1.82) is 0 Å². The number of aryl methyl sites for hydroxylation is 1. The molecule has 5 rings (SSSR count). The van der Waals surface area contributed by atoms with E-state index < -0.39 is 30.1 Å². The molecule has 180 valence electrons. The van der Waals surface area contributed by atoms with E-state index in [1.807, 2.05) is 36.4 Å². The summed E-state index contributed by atoms with van der Waals surface area (Å²) in [7, 11) is 1.52. The number of carbonyl (C=O) groups excluding carboxylic acids is 2. The van der Waals surface area contributed by atoms with Crippen molar-refractivity contribution < 1.29 is 29.0 Å². The van der Waals surface area contributed by atoms with Gasteiger partial charge in [0.05, 0.1) is 12.2 Å². The van der Waals surface area contributed by atoms with E-state index in [-0.39, 0.29) is 30.5 Å². The normalized spacial score (nSPS) is 18.5. The molecule has 0 radical (unpaired) electrons. The Hall–Kier alpha value is -4.18.